The van der Waals surface area contributed by atoms with Gasteiger partial charge in [-0.1, -0.05) is 23.7 Å². The van der Waals surface area contributed by atoms with Crippen LogP contribution in [0.25, 0.3) is 6.08 Å². The number of aryl methyl sites for hydroxylation is 1. The number of benzene rings is 2. The zero-order chi connectivity index (χ0) is 21.5. The number of carboxylic acids is 1. The number of hydrogen-bond donors (Lipinski definition) is 1. The fourth-order valence-electron chi connectivity index (χ4n) is 2.55. The number of ether oxygens (including phenoxy) is 2. The zero-order valence-electron chi connectivity index (χ0n) is 16.0. The summed E-state index contributed by atoms with van der Waals surface area (Å²) in [6, 6.07) is 16.0. The Morgan fingerprint density at radius 3 is 2.63 bits per heavy atom. The van der Waals surface area contributed by atoms with E-state index in [1.54, 1.807) is 42.6 Å². The molecule has 3 aromatic rings. The molecule has 0 unspecified atom stereocenters. The van der Waals surface area contributed by atoms with Crippen molar-refractivity contribution >= 4 is 23.6 Å². The van der Waals surface area contributed by atoms with Gasteiger partial charge in [-0.15, -0.1) is 0 Å². The number of nitrogens with zero attached hydrogens (tertiary/aromatic N) is 2. The van der Waals surface area contributed by atoms with Gasteiger partial charge in [-0.25, -0.2) is 9.78 Å². The summed E-state index contributed by atoms with van der Waals surface area (Å²) in [7, 11) is 0. The number of aromatic nitrogens is 1. The molecule has 0 saturated carbocycles. The molecule has 7 heteroatoms. The van der Waals surface area contributed by atoms with Crippen molar-refractivity contribution in [2.45, 2.75) is 13.5 Å². The highest BCUT2D eigenvalue weighted by Crippen LogP contribution is 2.31. The number of nitriles is 1. The first-order chi connectivity index (χ1) is 14.4. The minimum absolute atomic E-state index is 0.355. The molecule has 0 aliphatic heterocycles. The first kappa shape index (κ1) is 20.9. The molecule has 0 atom stereocenters. The largest absolute Gasteiger partial charge is 0.487 e. The Morgan fingerprint density at radius 2 is 2.00 bits per heavy atom. The number of carbonyl (C=O) groups is 1. The van der Waals surface area contributed by atoms with E-state index in [2.05, 4.69) is 11.1 Å². The highest BCUT2D eigenvalue weighted by molar-refractivity contribution is 6.32. The van der Waals surface area contributed by atoms with Crippen LogP contribution < -0.4 is 9.47 Å². The third-order valence-corrected chi connectivity index (χ3v) is 4.44. The fourth-order valence-corrected chi connectivity index (χ4v) is 2.77. The van der Waals surface area contributed by atoms with E-state index in [1.165, 1.54) is 6.08 Å². The summed E-state index contributed by atoms with van der Waals surface area (Å²) in [6.07, 6.45) is 4.01. The average molecular weight is 421 g/mol. The lowest BCUT2D eigenvalue weighted by molar-refractivity contribution is -0.131. The highest BCUT2D eigenvalue weighted by atomic mass is 35.5. The molecule has 0 spiro atoms. The molecule has 0 aliphatic rings. The van der Waals surface area contributed by atoms with Crippen molar-refractivity contribution in [2.24, 2.45) is 0 Å². The van der Waals surface area contributed by atoms with Crippen LogP contribution in [-0.2, 0) is 11.4 Å². The van der Waals surface area contributed by atoms with Crippen LogP contribution in [0, 0.1) is 18.3 Å². The summed E-state index contributed by atoms with van der Waals surface area (Å²) in [5.41, 5.74) is 2.91. The molecule has 150 valence electrons. The van der Waals surface area contributed by atoms with Crippen LogP contribution in [0.15, 0.2) is 60.8 Å². The van der Waals surface area contributed by atoms with Gasteiger partial charge < -0.3 is 14.6 Å². The lowest BCUT2D eigenvalue weighted by Gasteiger charge is -2.11. The first-order valence-electron chi connectivity index (χ1n) is 8.91. The summed E-state index contributed by atoms with van der Waals surface area (Å²) < 4.78 is 11.5. The predicted molar refractivity (Wildman–Crippen MR) is 113 cm³/mol. The summed E-state index contributed by atoms with van der Waals surface area (Å²) >= 11 is 6.21. The molecule has 0 fully saturated rings. The van der Waals surface area contributed by atoms with Crippen LogP contribution in [0.1, 0.15) is 22.3 Å². The van der Waals surface area contributed by atoms with Gasteiger partial charge in [-0.3, -0.25) is 0 Å². The second-order valence-corrected chi connectivity index (χ2v) is 6.75. The van der Waals surface area contributed by atoms with Crippen molar-refractivity contribution in [1.82, 2.24) is 4.98 Å². The Morgan fingerprint density at radius 1 is 1.23 bits per heavy atom. The number of hydrogen-bond acceptors (Lipinski definition) is 5. The van der Waals surface area contributed by atoms with Gasteiger partial charge in [0.25, 0.3) is 0 Å². The summed E-state index contributed by atoms with van der Waals surface area (Å²) in [4.78, 5) is 14.9. The topological polar surface area (TPSA) is 92.4 Å². The Kier molecular flexibility index (Phi) is 6.68. The molecule has 0 radical (unpaired) electrons. The number of aliphatic carboxylic acids is 1. The standard InChI is InChI=1S/C23H17ClN2O4/c1-15-10-18(6-9-23(27)28)20(24)11-21(15)30-22-8-7-19(13-26-22)29-14-17-4-2-16(12-25)3-5-17/h2-11,13H,14H2,1H3,(H,27,28)/b9-6+. The quantitative estimate of drug-likeness (QED) is 0.515. The molecule has 0 saturated heterocycles. The molecule has 2 aromatic carbocycles. The zero-order valence-corrected chi connectivity index (χ0v) is 16.8. The van der Waals surface area contributed by atoms with Crippen molar-refractivity contribution < 1.29 is 19.4 Å². The molecule has 1 heterocycles. The average Bonchev–Trinajstić information content (AvgIpc) is 2.75. The van der Waals surface area contributed by atoms with Crippen LogP contribution in [0.2, 0.25) is 5.02 Å². The van der Waals surface area contributed by atoms with E-state index < -0.39 is 5.97 Å². The lowest BCUT2D eigenvalue weighted by atomic mass is 10.1. The van der Waals surface area contributed by atoms with Crippen molar-refractivity contribution in [2.75, 3.05) is 0 Å². The van der Waals surface area contributed by atoms with Gasteiger partial charge in [0.2, 0.25) is 5.88 Å². The summed E-state index contributed by atoms with van der Waals surface area (Å²) in [6.45, 7) is 2.19. The van der Waals surface area contributed by atoms with E-state index in [-0.39, 0.29) is 0 Å². The van der Waals surface area contributed by atoms with Crippen LogP contribution in [0.5, 0.6) is 17.4 Å². The Hall–Kier alpha value is -3.82. The van der Waals surface area contributed by atoms with Crippen molar-refractivity contribution in [3.8, 4) is 23.4 Å². The van der Waals surface area contributed by atoms with Gasteiger partial charge in [-0.05, 0) is 54.0 Å². The highest BCUT2D eigenvalue weighted by Gasteiger charge is 2.08. The van der Waals surface area contributed by atoms with Gasteiger partial charge >= 0.3 is 5.97 Å². The molecule has 30 heavy (non-hydrogen) atoms. The molecular formula is C23H17ClN2O4. The SMILES string of the molecule is Cc1cc(/C=C/C(=O)O)c(Cl)cc1Oc1ccc(OCc2ccc(C#N)cc2)cn1. The van der Waals surface area contributed by atoms with Crippen LogP contribution in [-0.4, -0.2) is 16.1 Å². The number of halogens is 1. The van der Waals surface area contributed by atoms with E-state index in [4.69, 9.17) is 31.4 Å². The Bertz CT molecular complexity index is 1120. The number of pyridine rings is 1. The molecule has 6 nitrogen and oxygen atoms in total. The minimum Gasteiger partial charge on any atom is -0.487 e. The van der Waals surface area contributed by atoms with Gasteiger partial charge in [0, 0.05) is 18.2 Å². The Labute approximate surface area is 178 Å². The monoisotopic (exact) mass is 420 g/mol. The third kappa shape index (κ3) is 5.60. The van der Waals surface area contributed by atoms with Crippen LogP contribution >= 0.6 is 11.6 Å². The van der Waals surface area contributed by atoms with E-state index >= 15 is 0 Å². The van der Waals surface area contributed by atoms with Crippen LogP contribution in [0.4, 0.5) is 0 Å². The number of carboxylic acid groups (broad SMARTS) is 1. The third-order valence-electron chi connectivity index (χ3n) is 4.11. The maximum absolute atomic E-state index is 10.7. The van der Waals surface area contributed by atoms with Crippen molar-refractivity contribution in [1.29, 1.82) is 5.26 Å². The minimum atomic E-state index is -1.05. The van der Waals surface area contributed by atoms with Crippen molar-refractivity contribution in [3.63, 3.8) is 0 Å². The maximum Gasteiger partial charge on any atom is 0.328 e. The van der Waals surface area contributed by atoms with Gasteiger partial charge in [0.1, 0.15) is 18.1 Å². The molecule has 3 rings (SSSR count). The van der Waals surface area contributed by atoms with Gasteiger partial charge in [0.15, 0.2) is 0 Å². The summed E-state index contributed by atoms with van der Waals surface area (Å²) in [5.74, 6) is 0.422. The second-order valence-electron chi connectivity index (χ2n) is 6.34. The van der Waals surface area contributed by atoms with E-state index in [1.807, 2.05) is 19.1 Å². The predicted octanol–water partition coefficient (Wildman–Crippen LogP) is 5.38. The van der Waals surface area contributed by atoms with Gasteiger partial charge in [-0.2, -0.15) is 5.26 Å². The normalized spacial score (nSPS) is 10.6. The fraction of sp³-hybridized carbons (Fsp3) is 0.0870. The second kappa shape index (κ2) is 9.59. The molecule has 0 amide bonds. The van der Waals surface area contributed by atoms with E-state index in [9.17, 15) is 4.79 Å². The smallest absolute Gasteiger partial charge is 0.328 e. The maximum atomic E-state index is 10.7. The lowest BCUT2D eigenvalue weighted by Crippen LogP contribution is -1.97. The molecular weight excluding hydrogens is 404 g/mol. The molecule has 0 aliphatic carbocycles. The van der Waals surface area contributed by atoms with Crippen molar-refractivity contribution in [3.05, 3.63) is 88.1 Å². The van der Waals surface area contributed by atoms with Gasteiger partial charge in [0.05, 0.1) is 22.9 Å². The molecule has 1 aromatic heterocycles. The van der Waals surface area contributed by atoms with E-state index in [0.29, 0.717) is 40.1 Å². The molecule has 0 bridgehead atoms. The van der Waals surface area contributed by atoms with Crippen LogP contribution in [0.3, 0.4) is 0 Å². The molecule has 1 N–H and O–H groups in total. The van der Waals surface area contributed by atoms with E-state index in [0.717, 1.165) is 17.2 Å². The Balaban J connectivity index is 1.64. The number of rotatable bonds is 7. The summed E-state index contributed by atoms with van der Waals surface area (Å²) in [5, 5.41) is 17.9. The first-order valence-corrected chi connectivity index (χ1v) is 9.29.